The van der Waals surface area contributed by atoms with Crippen LogP contribution in [0.2, 0.25) is 0 Å². The predicted octanol–water partition coefficient (Wildman–Crippen LogP) is 5.09. The van der Waals surface area contributed by atoms with Crippen LogP contribution in [-0.2, 0) is 28.4 Å². The average Bonchev–Trinajstić information content (AvgIpc) is 3.56. The van der Waals surface area contributed by atoms with E-state index in [1.165, 1.54) is 11.4 Å². The smallest absolute Gasteiger partial charge is 0.341 e. The molecule has 236 valence electrons. The standard InChI is InChI=1S/C34H34N6O5S/c1-4-26-20-39(46(42,43)32-14-6-5-13-31(32)45-26)19-22-9-7-10-23(15-22)24-11-8-12-25(16-24)40-33(29(18-35-40)34(41)44-3)28-17-27(28)30-21-38(2)37-36-30/h5-16,18,21,26-28H,4,17,19-20H2,1-3H3/t26-,27?,28?/m1/s1. The molecule has 7 rings (SSSR count). The van der Waals surface area contributed by atoms with Gasteiger partial charge in [0.15, 0.2) is 0 Å². The van der Waals surface area contributed by atoms with Crippen LogP contribution in [0.5, 0.6) is 5.75 Å². The number of aryl methyl sites for hydroxylation is 1. The van der Waals surface area contributed by atoms with Crippen molar-refractivity contribution < 1.29 is 22.7 Å². The zero-order valence-electron chi connectivity index (χ0n) is 25.8. The van der Waals surface area contributed by atoms with Gasteiger partial charge in [0.25, 0.3) is 0 Å². The molecule has 0 bridgehead atoms. The number of methoxy groups -OCH3 is 1. The van der Waals surface area contributed by atoms with E-state index >= 15 is 0 Å². The number of fused-ring (bicyclic) bond motifs is 1. The second kappa shape index (κ2) is 11.8. The van der Waals surface area contributed by atoms with Gasteiger partial charge in [0.1, 0.15) is 22.3 Å². The van der Waals surface area contributed by atoms with E-state index in [1.807, 2.05) is 73.4 Å². The van der Waals surface area contributed by atoms with E-state index in [-0.39, 0.29) is 35.9 Å². The Bertz CT molecular complexity index is 2040. The molecule has 2 aromatic heterocycles. The average molecular weight is 639 g/mol. The third-order valence-electron chi connectivity index (χ3n) is 8.69. The Morgan fingerprint density at radius 2 is 1.80 bits per heavy atom. The largest absolute Gasteiger partial charge is 0.488 e. The Hall–Kier alpha value is -4.81. The summed E-state index contributed by atoms with van der Waals surface area (Å²) < 4.78 is 43.6. The number of carbonyl (C=O) groups is 1. The highest BCUT2D eigenvalue weighted by Gasteiger charge is 2.46. The topological polar surface area (TPSA) is 121 Å². The number of para-hydroxylation sites is 1. The number of benzene rings is 3. The highest BCUT2D eigenvalue weighted by atomic mass is 32.2. The summed E-state index contributed by atoms with van der Waals surface area (Å²) in [7, 11) is -0.565. The minimum absolute atomic E-state index is 0.0388. The molecule has 1 aliphatic heterocycles. The number of esters is 1. The van der Waals surface area contributed by atoms with Crippen LogP contribution in [0.15, 0.2) is 90.1 Å². The van der Waals surface area contributed by atoms with Crippen molar-refractivity contribution >= 4 is 16.0 Å². The fourth-order valence-electron chi connectivity index (χ4n) is 6.22. The molecule has 0 radical (unpaired) electrons. The molecular weight excluding hydrogens is 604 g/mol. The van der Waals surface area contributed by atoms with Crippen molar-refractivity contribution in [1.29, 1.82) is 0 Å². The predicted molar refractivity (Wildman–Crippen MR) is 170 cm³/mol. The Morgan fingerprint density at radius 1 is 1.02 bits per heavy atom. The molecular formula is C34H34N6O5S. The lowest BCUT2D eigenvalue weighted by Crippen LogP contribution is -2.36. The fourth-order valence-corrected chi connectivity index (χ4v) is 7.80. The van der Waals surface area contributed by atoms with Crippen molar-refractivity contribution in [2.75, 3.05) is 13.7 Å². The molecule has 1 fully saturated rings. The summed E-state index contributed by atoms with van der Waals surface area (Å²) in [6, 6.07) is 22.7. The van der Waals surface area contributed by atoms with Gasteiger partial charge >= 0.3 is 5.97 Å². The van der Waals surface area contributed by atoms with Crippen molar-refractivity contribution in [2.45, 2.75) is 49.1 Å². The van der Waals surface area contributed by atoms with Gasteiger partial charge in [-0.25, -0.2) is 17.9 Å². The molecule has 46 heavy (non-hydrogen) atoms. The second-order valence-corrected chi connectivity index (χ2v) is 13.7. The number of rotatable bonds is 8. The number of nitrogens with zero attached hydrogens (tertiary/aromatic N) is 6. The Balaban J connectivity index is 1.20. The summed E-state index contributed by atoms with van der Waals surface area (Å²) in [5, 5.41) is 13.0. The van der Waals surface area contributed by atoms with Gasteiger partial charge < -0.3 is 9.47 Å². The van der Waals surface area contributed by atoms with E-state index in [4.69, 9.17) is 9.47 Å². The van der Waals surface area contributed by atoms with Gasteiger partial charge in [-0.3, -0.25) is 4.68 Å². The summed E-state index contributed by atoms with van der Waals surface area (Å²) in [5.74, 6) is 0.131. The van der Waals surface area contributed by atoms with Crippen LogP contribution in [-0.4, -0.2) is 63.2 Å². The summed E-state index contributed by atoms with van der Waals surface area (Å²) in [6.45, 7) is 2.46. The fraction of sp³-hybridized carbons (Fsp3) is 0.294. The van der Waals surface area contributed by atoms with Crippen molar-refractivity contribution in [3.05, 3.63) is 108 Å². The number of carbonyl (C=O) groups excluding carboxylic acids is 1. The molecule has 0 amide bonds. The van der Waals surface area contributed by atoms with Gasteiger partial charge in [-0.05, 0) is 59.9 Å². The van der Waals surface area contributed by atoms with Gasteiger partial charge in [0.2, 0.25) is 10.0 Å². The van der Waals surface area contributed by atoms with Gasteiger partial charge in [0.05, 0.1) is 36.9 Å². The quantitative estimate of drug-likeness (QED) is 0.216. The van der Waals surface area contributed by atoms with E-state index < -0.39 is 16.0 Å². The molecule has 3 aromatic carbocycles. The molecule has 2 unspecified atom stereocenters. The number of hydrogen-bond donors (Lipinski definition) is 0. The SMILES string of the molecule is CC[C@@H]1CN(Cc2cccc(-c3cccc(-n4ncc(C(=O)OC)c4C4CC4c4cn(C)nn4)c3)c2)S(=O)(=O)c2ccccc2O1. The number of aromatic nitrogens is 5. The van der Waals surface area contributed by atoms with E-state index in [2.05, 4.69) is 15.4 Å². The number of sulfonamides is 1. The van der Waals surface area contributed by atoms with Crippen molar-refractivity contribution in [2.24, 2.45) is 7.05 Å². The zero-order valence-corrected chi connectivity index (χ0v) is 26.6. The van der Waals surface area contributed by atoms with Gasteiger partial charge in [-0.15, -0.1) is 5.10 Å². The first kappa shape index (κ1) is 29.9. The van der Waals surface area contributed by atoms with E-state index in [0.717, 1.165) is 40.2 Å². The molecule has 3 atom stereocenters. The summed E-state index contributed by atoms with van der Waals surface area (Å²) >= 11 is 0. The first-order valence-electron chi connectivity index (χ1n) is 15.2. The summed E-state index contributed by atoms with van der Waals surface area (Å²) in [4.78, 5) is 12.9. The maximum Gasteiger partial charge on any atom is 0.341 e. The van der Waals surface area contributed by atoms with Crippen LogP contribution in [0.4, 0.5) is 0 Å². The molecule has 1 aliphatic carbocycles. The molecule has 12 heteroatoms. The minimum Gasteiger partial charge on any atom is -0.488 e. The maximum absolute atomic E-state index is 13.7. The number of hydrogen-bond acceptors (Lipinski definition) is 8. The maximum atomic E-state index is 13.7. The van der Waals surface area contributed by atoms with Crippen molar-refractivity contribution in [3.8, 4) is 22.6 Å². The second-order valence-electron chi connectivity index (χ2n) is 11.8. The first-order chi connectivity index (χ1) is 22.3. The van der Waals surface area contributed by atoms with Crippen LogP contribution in [0.25, 0.3) is 16.8 Å². The first-order valence-corrected chi connectivity index (χ1v) is 16.7. The lowest BCUT2D eigenvalue weighted by atomic mass is 10.0. The lowest BCUT2D eigenvalue weighted by Gasteiger charge is -2.22. The van der Waals surface area contributed by atoms with E-state index in [1.54, 1.807) is 35.1 Å². The van der Waals surface area contributed by atoms with Crippen LogP contribution in [0.1, 0.15) is 58.9 Å². The highest BCUT2D eigenvalue weighted by Crippen LogP contribution is 2.55. The Labute approximate surface area is 267 Å². The highest BCUT2D eigenvalue weighted by molar-refractivity contribution is 7.89. The molecule has 5 aromatic rings. The van der Waals surface area contributed by atoms with Crippen LogP contribution < -0.4 is 4.74 Å². The summed E-state index contributed by atoms with van der Waals surface area (Å²) in [6.07, 6.45) is 4.72. The third-order valence-corrected chi connectivity index (χ3v) is 10.5. The summed E-state index contributed by atoms with van der Waals surface area (Å²) in [5.41, 5.74) is 5.62. The van der Waals surface area contributed by atoms with E-state index in [9.17, 15) is 13.2 Å². The number of ether oxygens (including phenoxy) is 2. The monoisotopic (exact) mass is 638 g/mol. The molecule has 0 N–H and O–H groups in total. The van der Waals surface area contributed by atoms with Crippen LogP contribution in [0.3, 0.4) is 0 Å². The van der Waals surface area contributed by atoms with Crippen molar-refractivity contribution in [1.82, 2.24) is 29.1 Å². The molecule has 3 heterocycles. The van der Waals surface area contributed by atoms with Crippen LogP contribution >= 0.6 is 0 Å². The third kappa shape index (κ3) is 5.47. The lowest BCUT2D eigenvalue weighted by molar-refractivity contribution is 0.0599. The van der Waals surface area contributed by atoms with Crippen LogP contribution in [0, 0.1) is 0 Å². The van der Waals surface area contributed by atoms with Gasteiger partial charge in [0, 0.05) is 31.6 Å². The van der Waals surface area contributed by atoms with Gasteiger partial charge in [-0.2, -0.15) is 9.40 Å². The molecule has 0 spiro atoms. The normalized spacial score (nSPS) is 20.4. The molecule has 2 aliphatic rings. The molecule has 0 saturated heterocycles. The molecule has 11 nitrogen and oxygen atoms in total. The molecule has 1 saturated carbocycles. The Kier molecular flexibility index (Phi) is 7.69. The van der Waals surface area contributed by atoms with Gasteiger partial charge in [-0.1, -0.05) is 54.6 Å². The minimum atomic E-state index is -3.77. The van der Waals surface area contributed by atoms with Crippen molar-refractivity contribution in [3.63, 3.8) is 0 Å². The van der Waals surface area contributed by atoms with E-state index in [0.29, 0.717) is 17.7 Å². The Morgan fingerprint density at radius 3 is 2.57 bits per heavy atom. The zero-order chi connectivity index (χ0) is 32.0.